The van der Waals surface area contributed by atoms with Gasteiger partial charge in [0, 0.05) is 16.6 Å². The molecule has 4 nitrogen and oxygen atoms in total. The molecule has 0 saturated carbocycles. The fourth-order valence-electron chi connectivity index (χ4n) is 2.66. The van der Waals surface area contributed by atoms with Crippen molar-refractivity contribution in [1.29, 1.82) is 0 Å². The molecule has 1 N–H and O–H groups in total. The number of nitrogens with one attached hydrogen (secondary N) is 1. The minimum Gasteiger partial charge on any atom is -0.454 e. The predicted molar refractivity (Wildman–Crippen MR) is 95.4 cm³/mol. The van der Waals surface area contributed by atoms with Crippen molar-refractivity contribution in [3.63, 3.8) is 0 Å². The van der Waals surface area contributed by atoms with Crippen LogP contribution in [0.5, 0.6) is 11.5 Å². The van der Waals surface area contributed by atoms with Gasteiger partial charge < -0.3 is 14.8 Å². The molecule has 24 heavy (non-hydrogen) atoms. The van der Waals surface area contributed by atoms with E-state index in [0.29, 0.717) is 22.9 Å². The lowest BCUT2D eigenvalue weighted by molar-refractivity contribution is 0.0958. The van der Waals surface area contributed by atoms with Crippen molar-refractivity contribution in [2.45, 2.75) is 6.42 Å². The highest BCUT2D eigenvalue weighted by atomic mass is 35.5. The van der Waals surface area contributed by atoms with Crippen molar-refractivity contribution < 1.29 is 14.3 Å². The minimum atomic E-state index is -0.137. The summed E-state index contributed by atoms with van der Waals surface area (Å²) in [4.78, 5) is 12.9. The van der Waals surface area contributed by atoms with E-state index >= 15 is 0 Å². The average Bonchev–Trinajstić information content (AvgIpc) is 3.19. The second-order valence-corrected chi connectivity index (χ2v) is 6.87. The number of carbonyl (C=O) groups excluding carboxylic acids is 1. The van der Waals surface area contributed by atoms with Gasteiger partial charge in [0.25, 0.3) is 5.91 Å². The van der Waals surface area contributed by atoms with Gasteiger partial charge in [-0.1, -0.05) is 35.9 Å². The Kier molecular flexibility index (Phi) is 4.04. The number of fused-ring (bicyclic) bond motifs is 2. The summed E-state index contributed by atoms with van der Waals surface area (Å²) in [6, 6.07) is 13.6. The predicted octanol–water partition coefficient (Wildman–Crippen LogP) is 4.26. The number of hydrogen-bond acceptors (Lipinski definition) is 4. The van der Waals surface area contributed by atoms with Crippen LogP contribution in [0.4, 0.5) is 0 Å². The van der Waals surface area contributed by atoms with Crippen LogP contribution in [0.3, 0.4) is 0 Å². The van der Waals surface area contributed by atoms with E-state index in [-0.39, 0.29) is 12.7 Å². The Morgan fingerprint density at radius 2 is 2.00 bits per heavy atom. The van der Waals surface area contributed by atoms with E-state index in [0.717, 1.165) is 27.1 Å². The van der Waals surface area contributed by atoms with E-state index in [1.165, 1.54) is 11.3 Å². The molecule has 3 aromatic rings. The number of benzene rings is 2. The van der Waals surface area contributed by atoms with E-state index < -0.39 is 0 Å². The van der Waals surface area contributed by atoms with Gasteiger partial charge in [-0.05, 0) is 30.2 Å². The van der Waals surface area contributed by atoms with Gasteiger partial charge in [-0.3, -0.25) is 4.79 Å². The average molecular weight is 360 g/mol. The van der Waals surface area contributed by atoms with Crippen LogP contribution in [0, 0.1) is 0 Å². The van der Waals surface area contributed by atoms with E-state index in [1.54, 1.807) is 0 Å². The summed E-state index contributed by atoms with van der Waals surface area (Å²) in [6.07, 6.45) is 0.713. The molecule has 2 aromatic carbocycles. The van der Waals surface area contributed by atoms with E-state index in [2.05, 4.69) is 5.32 Å². The molecule has 0 saturated heterocycles. The fraction of sp³-hybridized carbons (Fsp3) is 0.167. The van der Waals surface area contributed by atoms with Crippen LogP contribution in [0.2, 0.25) is 5.02 Å². The Labute approximate surface area is 148 Å². The van der Waals surface area contributed by atoms with Gasteiger partial charge >= 0.3 is 0 Å². The zero-order chi connectivity index (χ0) is 16.5. The number of rotatable bonds is 4. The van der Waals surface area contributed by atoms with E-state index in [9.17, 15) is 4.79 Å². The summed E-state index contributed by atoms with van der Waals surface area (Å²) in [5.74, 6) is 1.38. The maximum atomic E-state index is 12.4. The first kappa shape index (κ1) is 15.3. The van der Waals surface area contributed by atoms with Crippen molar-refractivity contribution in [3.05, 3.63) is 57.9 Å². The first-order valence-electron chi connectivity index (χ1n) is 7.56. The second kappa shape index (κ2) is 6.34. The minimum absolute atomic E-state index is 0.137. The van der Waals surface area contributed by atoms with Crippen LogP contribution in [0.25, 0.3) is 10.1 Å². The highest BCUT2D eigenvalue weighted by molar-refractivity contribution is 7.21. The molecule has 2 heterocycles. The highest BCUT2D eigenvalue weighted by Crippen LogP contribution is 2.35. The van der Waals surface area contributed by atoms with Crippen molar-refractivity contribution in [3.8, 4) is 11.5 Å². The molecular formula is C18H14ClNO3S. The summed E-state index contributed by atoms with van der Waals surface area (Å²) in [7, 11) is 0. The lowest BCUT2D eigenvalue weighted by Crippen LogP contribution is -2.25. The Morgan fingerprint density at radius 1 is 1.17 bits per heavy atom. The van der Waals surface area contributed by atoms with Crippen molar-refractivity contribution >= 4 is 38.9 Å². The molecule has 0 radical (unpaired) electrons. The molecule has 1 aromatic heterocycles. The first-order chi connectivity index (χ1) is 11.7. The smallest absolute Gasteiger partial charge is 0.262 e. The molecule has 1 aliphatic heterocycles. The number of hydrogen-bond donors (Lipinski definition) is 1. The number of carbonyl (C=O) groups is 1. The Balaban J connectivity index is 1.42. The number of thiophene rings is 1. The van der Waals surface area contributed by atoms with Gasteiger partial charge in [0.15, 0.2) is 11.5 Å². The molecule has 0 bridgehead atoms. The third-order valence-electron chi connectivity index (χ3n) is 3.88. The fourth-order valence-corrected chi connectivity index (χ4v) is 4.09. The van der Waals surface area contributed by atoms with Gasteiger partial charge in [0.05, 0.1) is 5.02 Å². The second-order valence-electron chi connectivity index (χ2n) is 5.43. The van der Waals surface area contributed by atoms with Crippen LogP contribution >= 0.6 is 22.9 Å². The largest absolute Gasteiger partial charge is 0.454 e. The maximum Gasteiger partial charge on any atom is 0.262 e. The van der Waals surface area contributed by atoms with Crippen molar-refractivity contribution in [1.82, 2.24) is 5.32 Å². The normalized spacial score (nSPS) is 12.5. The van der Waals surface area contributed by atoms with Crippen LogP contribution in [0.15, 0.2) is 42.5 Å². The molecule has 0 spiro atoms. The summed E-state index contributed by atoms with van der Waals surface area (Å²) >= 11 is 7.75. The van der Waals surface area contributed by atoms with Gasteiger partial charge in [-0.2, -0.15) is 0 Å². The summed E-state index contributed by atoms with van der Waals surface area (Å²) in [6.45, 7) is 0.795. The molecule has 0 unspecified atom stereocenters. The van der Waals surface area contributed by atoms with Crippen LogP contribution < -0.4 is 14.8 Å². The van der Waals surface area contributed by atoms with E-state index in [1.807, 2.05) is 42.5 Å². The van der Waals surface area contributed by atoms with Crippen LogP contribution in [-0.2, 0) is 6.42 Å². The molecule has 122 valence electrons. The lowest BCUT2D eigenvalue weighted by atomic mass is 10.1. The molecule has 4 rings (SSSR count). The van der Waals surface area contributed by atoms with Gasteiger partial charge in [0.2, 0.25) is 6.79 Å². The molecule has 6 heteroatoms. The number of ether oxygens (including phenoxy) is 2. The van der Waals surface area contributed by atoms with Crippen molar-refractivity contribution in [2.75, 3.05) is 13.3 Å². The molecule has 0 aliphatic carbocycles. The van der Waals surface area contributed by atoms with Gasteiger partial charge in [0.1, 0.15) is 4.88 Å². The molecule has 1 amide bonds. The van der Waals surface area contributed by atoms with Crippen LogP contribution in [0.1, 0.15) is 15.2 Å². The number of amides is 1. The Morgan fingerprint density at radius 3 is 2.88 bits per heavy atom. The van der Waals surface area contributed by atoms with Crippen LogP contribution in [-0.4, -0.2) is 19.2 Å². The van der Waals surface area contributed by atoms with Crippen molar-refractivity contribution in [2.24, 2.45) is 0 Å². The Bertz CT molecular complexity index is 922. The standard InChI is InChI=1S/C18H14ClNO3S/c19-16-12-3-1-2-4-15(12)24-17(16)18(21)20-8-7-11-5-6-13-14(9-11)23-10-22-13/h1-6,9H,7-8,10H2,(H,20,21). The van der Waals surface area contributed by atoms with Gasteiger partial charge in [-0.15, -0.1) is 11.3 Å². The monoisotopic (exact) mass is 359 g/mol. The summed E-state index contributed by atoms with van der Waals surface area (Å²) in [5.41, 5.74) is 1.09. The topological polar surface area (TPSA) is 47.6 Å². The van der Waals surface area contributed by atoms with Gasteiger partial charge in [-0.25, -0.2) is 0 Å². The SMILES string of the molecule is O=C(NCCc1ccc2c(c1)OCO2)c1sc2ccccc2c1Cl. The third kappa shape index (κ3) is 2.81. The first-order valence-corrected chi connectivity index (χ1v) is 8.75. The number of halogens is 1. The zero-order valence-corrected chi connectivity index (χ0v) is 14.2. The molecular weight excluding hydrogens is 346 g/mol. The maximum absolute atomic E-state index is 12.4. The zero-order valence-electron chi connectivity index (χ0n) is 12.7. The summed E-state index contributed by atoms with van der Waals surface area (Å²) < 4.78 is 11.7. The molecule has 1 aliphatic rings. The molecule has 0 atom stereocenters. The third-order valence-corrected chi connectivity index (χ3v) is 5.55. The molecule has 0 fully saturated rings. The summed E-state index contributed by atoms with van der Waals surface area (Å²) in [5, 5.41) is 4.38. The lowest BCUT2D eigenvalue weighted by Gasteiger charge is -2.05. The van der Waals surface area contributed by atoms with E-state index in [4.69, 9.17) is 21.1 Å². The highest BCUT2D eigenvalue weighted by Gasteiger charge is 2.17. The quantitative estimate of drug-likeness (QED) is 0.757. The Hall–Kier alpha value is -2.24.